The Balaban J connectivity index is 1.67. The van der Waals surface area contributed by atoms with Crippen LogP contribution in [0.5, 0.6) is 5.75 Å². The standard InChI is InChI=1S/C18H18N4O2/c1-24-15-9-7-14(8-10-15)16-17(23)20-18(22-21-16)19-12-11-13-5-3-2-4-6-13/h2-10H,11-12H2,1H3,(H2,19,20,22,23). The molecule has 0 aliphatic heterocycles. The Bertz CT molecular complexity index is 845. The van der Waals surface area contributed by atoms with Crippen LogP contribution in [0.3, 0.4) is 0 Å². The Morgan fingerprint density at radius 3 is 2.46 bits per heavy atom. The van der Waals surface area contributed by atoms with Crippen LogP contribution in [0.15, 0.2) is 59.4 Å². The van der Waals surface area contributed by atoms with Gasteiger partial charge in [-0.1, -0.05) is 30.3 Å². The van der Waals surface area contributed by atoms with E-state index in [1.54, 1.807) is 31.4 Å². The highest BCUT2D eigenvalue weighted by molar-refractivity contribution is 5.58. The average molecular weight is 322 g/mol. The molecule has 2 N–H and O–H groups in total. The van der Waals surface area contributed by atoms with Crippen molar-refractivity contribution in [1.29, 1.82) is 0 Å². The van der Waals surface area contributed by atoms with E-state index in [1.165, 1.54) is 5.56 Å². The summed E-state index contributed by atoms with van der Waals surface area (Å²) in [5.74, 6) is 1.09. The maximum absolute atomic E-state index is 12.2. The quantitative estimate of drug-likeness (QED) is 0.729. The van der Waals surface area contributed by atoms with Crippen molar-refractivity contribution in [2.24, 2.45) is 0 Å². The molecule has 24 heavy (non-hydrogen) atoms. The summed E-state index contributed by atoms with van der Waals surface area (Å²) < 4.78 is 5.10. The molecule has 0 atom stereocenters. The molecule has 3 aromatic rings. The molecule has 2 aromatic carbocycles. The number of anilines is 1. The third-order valence-corrected chi connectivity index (χ3v) is 3.61. The van der Waals surface area contributed by atoms with Gasteiger partial charge in [-0.3, -0.25) is 9.78 Å². The fraction of sp³-hybridized carbons (Fsp3) is 0.167. The van der Waals surface area contributed by atoms with Crippen LogP contribution >= 0.6 is 0 Å². The third kappa shape index (κ3) is 3.78. The van der Waals surface area contributed by atoms with E-state index >= 15 is 0 Å². The van der Waals surface area contributed by atoms with Gasteiger partial charge in [0.1, 0.15) is 5.75 Å². The largest absolute Gasteiger partial charge is 0.497 e. The van der Waals surface area contributed by atoms with E-state index in [2.05, 4.69) is 32.6 Å². The zero-order valence-electron chi connectivity index (χ0n) is 13.3. The van der Waals surface area contributed by atoms with Crippen LogP contribution in [0.25, 0.3) is 11.3 Å². The number of methoxy groups -OCH3 is 1. The van der Waals surface area contributed by atoms with Gasteiger partial charge in [0.15, 0.2) is 5.69 Å². The Labute approximate surface area is 139 Å². The Morgan fingerprint density at radius 1 is 1.04 bits per heavy atom. The maximum Gasteiger partial charge on any atom is 0.279 e. The molecule has 0 unspecified atom stereocenters. The first-order valence-corrected chi connectivity index (χ1v) is 7.65. The third-order valence-electron chi connectivity index (χ3n) is 3.61. The molecule has 6 heteroatoms. The number of ether oxygens (including phenoxy) is 1. The SMILES string of the molecule is COc1ccc(-c2nnc(NCCc3ccccc3)[nH]c2=O)cc1. The highest BCUT2D eigenvalue weighted by atomic mass is 16.5. The monoisotopic (exact) mass is 322 g/mol. The summed E-state index contributed by atoms with van der Waals surface area (Å²) in [4.78, 5) is 14.9. The first kappa shape index (κ1) is 15.7. The van der Waals surface area contributed by atoms with Crippen molar-refractivity contribution in [1.82, 2.24) is 15.2 Å². The predicted octanol–water partition coefficient (Wildman–Crippen LogP) is 2.50. The lowest BCUT2D eigenvalue weighted by Gasteiger charge is -2.06. The van der Waals surface area contributed by atoms with Crippen molar-refractivity contribution in [3.63, 3.8) is 0 Å². The fourth-order valence-electron chi connectivity index (χ4n) is 2.32. The Hall–Kier alpha value is -3.15. The minimum absolute atomic E-state index is 0.280. The normalized spacial score (nSPS) is 10.4. The van der Waals surface area contributed by atoms with Crippen molar-refractivity contribution in [3.8, 4) is 17.0 Å². The molecule has 0 saturated heterocycles. The minimum atomic E-state index is -0.280. The Kier molecular flexibility index (Phi) is 4.86. The van der Waals surface area contributed by atoms with E-state index in [4.69, 9.17) is 4.74 Å². The van der Waals surface area contributed by atoms with E-state index in [0.29, 0.717) is 18.1 Å². The first-order chi connectivity index (χ1) is 11.8. The Morgan fingerprint density at radius 2 is 1.79 bits per heavy atom. The van der Waals surface area contributed by atoms with Gasteiger partial charge in [0, 0.05) is 12.1 Å². The summed E-state index contributed by atoms with van der Waals surface area (Å²) in [7, 11) is 1.59. The summed E-state index contributed by atoms with van der Waals surface area (Å²) in [6.07, 6.45) is 0.838. The van der Waals surface area contributed by atoms with E-state index in [-0.39, 0.29) is 11.3 Å². The number of benzene rings is 2. The molecule has 122 valence electrons. The second kappa shape index (κ2) is 7.41. The van der Waals surface area contributed by atoms with E-state index < -0.39 is 0 Å². The molecular formula is C18H18N4O2. The summed E-state index contributed by atoms with van der Waals surface area (Å²) in [6, 6.07) is 17.2. The van der Waals surface area contributed by atoms with Crippen LogP contribution in [-0.4, -0.2) is 28.8 Å². The summed E-state index contributed by atoms with van der Waals surface area (Å²) >= 11 is 0. The predicted molar refractivity (Wildman–Crippen MR) is 93.3 cm³/mol. The lowest BCUT2D eigenvalue weighted by molar-refractivity contribution is 0.415. The molecule has 6 nitrogen and oxygen atoms in total. The van der Waals surface area contributed by atoms with Crippen LogP contribution in [0.1, 0.15) is 5.56 Å². The highest BCUT2D eigenvalue weighted by Crippen LogP contribution is 2.17. The number of nitrogens with zero attached hydrogens (tertiary/aromatic N) is 2. The lowest BCUT2D eigenvalue weighted by atomic mass is 10.1. The molecule has 1 heterocycles. The van der Waals surface area contributed by atoms with Gasteiger partial charge in [0.2, 0.25) is 5.95 Å². The van der Waals surface area contributed by atoms with E-state index in [9.17, 15) is 4.79 Å². The molecule has 0 radical (unpaired) electrons. The van der Waals surface area contributed by atoms with E-state index in [0.717, 1.165) is 12.2 Å². The van der Waals surface area contributed by atoms with Crippen molar-refractivity contribution in [3.05, 3.63) is 70.5 Å². The molecule has 0 aliphatic rings. The molecule has 0 bridgehead atoms. The second-order valence-electron chi connectivity index (χ2n) is 5.24. The summed E-state index contributed by atoms with van der Waals surface area (Å²) in [6.45, 7) is 0.663. The van der Waals surface area contributed by atoms with Gasteiger partial charge in [-0.15, -0.1) is 10.2 Å². The van der Waals surface area contributed by atoms with Gasteiger partial charge in [0.25, 0.3) is 5.56 Å². The zero-order valence-corrected chi connectivity index (χ0v) is 13.3. The second-order valence-corrected chi connectivity index (χ2v) is 5.24. The molecule has 0 saturated carbocycles. The van der Waals surface area contributed by atoms with Crippen LogP contribution in [-0.2, 0) is 6.42 Å². The van der Waals surface area contributed by atoms with Gasteiger partial charge >= 0.3 is 0 Å². The molecule has 0 fully saturated rings. The minimum Gasteiger partial charge on any atom is -0.497 e. The summed E-state index contributed by atoms with van der Waals surface area (Å²) in [5, 5.41) is 11.2. The molecule has 0 spiro atoms. The number of aromatic amines is 1. The molecule has 3 rings (SSSR count). The molecular weight excluding hydrogens is 304 g/mol. The van der Waals surface area contributed by atoms with Crippen LogP contribution < -0.4 is 15.6 Å². The summed E-state index contributed by atoms with van der Waals surface area (Å²) in [5.41, 5.74) is 1.92. The van der Waals surface area contributed by atoms with Crippen LogP contribution in [0.4, 0.5) is 5.95 Å². The topological polar surface area (TPSA) is 79.9 Å². The number of nitrogens with one attached hydrogen (secondary N) is 2. The fourth-order valence-corrected chi connectivity index (χ4v) is 2.32. The van der Waals surface area contributed by atoms with Crippen molar-refractivity contribution in [2.45, 2.75) is 6.42 Å². The molecule has 0 amide bonds. The van der Waals surface area contributed by atoms with Crippen molar-refractivity contribution in [2.75, 3.05) is 19.0 Å². The van der Waals surface area contributed by atoms with Gasteiger partial charge in [-0.05, 0) is 36.2 Å². The van der Waals surface area contributed by atoms with E-state index in [1.807, 2.05) is 18.2 Å². The number of rotatable bonds is 6. The van der Waals surface area contributed by atoms with Gasteiger partial charge < -0.3 is 10.1 Å². The van der Waals surface area contributed by atoms with Crippen LogP contribution in [0, 0.1) is 0 Å². The molecule has 1 aromatic heterocycles. The smallest absolute Gasteiger partial charge is 0.279 e. The highest BCUT2D eigenvalue weighted by Gasteiger charge is 2.07. The average Bonchev–Trinajstić information content (AvgIpc) is 2.63. The number of H-pyrrole nitrogens is 1. The lowest BCUT2D eigenvalue weighted by Crippen LogP contribution is -2.18. The number of aromatic nitrogens is 3. The van der Waals surface area contributed by atoms with Crippen LogP contribution in [0.2, 0.25) is 0 Å². The van der Waals surface area contributed by atoms with Crippen molar-refractivity contribution >= 4 is 5.95 Å². The first-order valence-electron chi connectivity index (χ1n) is 7.65. The number of hydrogen-bond acceptors (Lipinski definition) is 5. The van der Waals surface area contributed by atoms with Gasteiger partial charge in [-0.25, -0.2) is 0 Å². The maximum atomic E-state index is 12.2. The van der Waals surface area contributed by atoms with Gasteiger partial charge in [0.05, 0.1) is 7.11 Å². The zero-order chi connectivity index (χ0) is 16.8. The van der Waals surface area contributed by atoms with Crippen molar-refractivity contribution < 1.29 is 4.74 Å². The number of hydrogen-bond donors (Lipinski definition) is 2. The van der Waals surface area contributed by atoms with Gasteiger partial charge in [-0.2, -0.15) is 0 Å². The molecule has 0 aliphatic carbocycles.